The van der Waals surface area contributed by atoms with Gasteiger partial charge in [0.15, 0.2) is 10.2 Å². The Hall–Kier alpha value is -5.26. The first-order valence-electron chi connectivity index (χ1n) is 14.7. The van der Waals surface area contributed by atoms with E-state index in [1.54, 1.807) is 13.8 Å². The number of hydrogen-bond donors (Lipinski definition) is 0. The van der Waals surface area contributed by atoms with Gasteiger partial charge in [-0.25, -0.2) is 0 Å². The number of carbonyl (C=O) groups is 2. The zero-order valence-corrected chi connectivity index (χ0v) is 27.1. The molecular formula is C42H30O2S2. The Morgan fingerprint density at radius 3 is 1.20 bits per heavy atom. The van der Waals surface area contributed by atoms with Crippen molar-refractivity contribution < 1.29 is 9.59 Å². The van der Waals surface area contributed by atoms with E-state index in [1.807, 2.05) is 109 Å². The summed E-state index contributed by atoms with van der Waals surface area (Å²) < 4.78 is 0. The first-order chi connectivity index (χ1) is 22.4. The fourth-order valence-corrected chi connectivity index (χ4v) is 5.65. The zero-order chi connectivity index (χ0) is 32.1. The minimum absolute atomic E-state index is 0.0622. The molecule has 5 rings (SSSR count). The highest BCUT2D eigenvalue weighted by atomic mass is 32.2. The molecule has 46 heavy (non-hydrogen) atoms. The molecule has 0 amide bonds. The molecule has 0 radical (unpaired) electrons. The van der Waals surface area contributed by atoms with E-state index in [2.05, 4.69) is 60.1 Å². The second-order valence-electron chi connectivity index (χ2n) is 10.3. The van der Waals surface area contributed by atoms with Gasteiger partial charge in [-0.3, -0.25) is 9.59 Å². The van der Waals surface area contributed by atoms with Gasteiger partial charge in [-0.05, 0) is 82.9 Å². The van der Waals surface area contributed by atoms with Gasteiger partial charge in [0.1, 0.15) is 0 Å². The van der Waals surface area contributed by atoms with Crippen molar-refractivity contribution in [1.82, 2.24) is 0 Å². The summed E-state index contributed by atoms with van der Waals surface area (Å²) in [6, 6.07) is 39.9. The molecule has 5 aromatic carbocycles. The molecule has 0 spiro atoms. The molecule has 0 atom stereocenters. The van der Waals surface area contributed by atoms with Crippen LogP contribution in [0.25, 0.3) is 24.3 Å². The van der Waals surface area contributed by atoms with E-state index in [0.717, 1.165) is 54.3 Å². The number of carbonyl (C=O) groups excluding carboxylic acids is 2. The Kier molecular flexibility index (Phi) is 11.3. The second kappa shape index (κ2) is 16.2. The summed E-state index contributed by atoms with van der Waals surface area (Å²) >= 11 is 2.45. The van der Waals surface area contributed by atoms with Gasteiger partial charge < -0.3 is 0 Å². The molecule has 0 heterocycles. The van der Waals surface area contributed by atoms with E-state index >= 15 is 0 Å². The summed E-state index contributed by atoms with van der Waals surface area (Å²) in [5.74, 6) is 13.4. The highest BCUT2D eigenvalue weighted by Crippen LogP contribution is 2.24. The van der Waals surface area contributed by atoms with Crippen LogP contribution in [0.5, 0.6) is 0 Å². The Bertz CT molecular complexity index is 1870. The fraction of sp³-hybridized carbons (Fsp3) is 0.0476. The molecule has 222 valence electrons. The summed E-state index contributed by atoms with van der Waals surface area (Å²) in [6.07, 6.45) is 8.23. The minimum atomic E-state index is 0.0622. The maximum atomic E-state index is 11.5. The van der Waals surface area contributed by atoms with E-state index in [0.29, 0.717) is 0 Å². The quantitative estimate of drug-likeness (QED) is 0.106. The summed E-state index contributed by atoms with van der Waals surface area (Å²) in [6.45, 7) is 3.14. The molecule has 0 saturated heterocycles. The predicted octanol–water partition coefficient (Wildman–Crippen LogP) is 10.1. The Balaban J connectivity index is 1.58. The third-order valence-corrected chi connectivity index (χ3v) is 8.24. The van der Waals surface area contributed by atoms with Gasteiger partial charge in [-0.15, -0.1) is 0 Å². The van der Waals surface area contributed by atoms with E-state index in [4.69, 9.17) is 0 Å². The molecule has 0 aliphatic heterocycles. The molecule has 4 heteroatoms. The minimum Gasteiger partial charge on any atom is -0.287 e. The SMILES string of the molecule is CC(=O)Sc1ccc(/C=C/c2cc(C#Cc3ccccc3)c(/C=C/c3ccc(SC(C)=O)cc3)cc2C#Cc2ccccc2)cc1. The first-order valence-corrected chi connectivity index (χ1v) is 16.3. The molecule has 0 aromatic heterocycles. The van der Waals surface area contributed by atoms with Crippen LogP contribution >= 0.6 is 23.5 Å². The van der Waals surface area contributed by atoms with Gasteiger partial charge in [-0.1, -0.05) is 132 Å². The number of rotatable bonds is 6. The van der Waals surface area contributed by atoms with Crippen LogP contribution in [0.3, 0.4) is 0 Å². The van der Waals surface area contributed by atoms with Crippen molar-refractivity contribution in [3.05, 3.63) is 166 Å². The summed E-state index contributed by atoms with van der Waals surface area (Å²) in [5.41, 5.74) is 7.55. The predicted molar refractivity (Wildman–Crippen MR) is 195 cm³/mol. The molecule has 0 fully saturated rings. The Morgan fingerprint density at radius 1 is 0.478 bits per heavy atom. The topological polar surface area (TPSA) is 34.1 Å². The Morgan fingerprint density at radius 2 is 0.848 bits per heavy atom. The lowest BCUT2D eigenvalue weighted by atomic mass is 9.96. The average molecular weight is 631 g/mol. The second-order valence-corrected chi connectivity index (χ2v) is 12.8. The van der Waals surface area contributed by atoms with E-state index in [1.165, 1.54) is 23.5 Å². The summed E-state index contributed by atoms with van der Waals surface area (Å²) in [5, 5.41) is 0.124. The smallest absolute Gasteiger partial charge is 0.190 e. The van der Waals surface area contributed by atoms with Crippen LogP contribution in [0.4, 0.5) is 0 Å². The van der Waals surface area contributed by atoms with Crippen molar-refractivity contribution >= 4 is 58.1 Å². The third-order valence-electron chi connectivity index (χ3n) is 6.65. The highest BCUT2D eigenvalue weighted by molar-refractivity contribution is 8.13. The van der Waals surface area contributed by atoms with E-state index in [9.17, 15) is 9.59 Å². The van der Waals surface area contributed by atoms with Crippen molar-refractivity contribution in [3.8, 4) is 23.7 Å². The van der Waals surface area contributed by atoms with Crippen molar-refractivity contribution in [2.24, 2.45) is 0 Å². The van der Waals surface area contributed by atoms with E-state index < -0.39 is 0 Å². The molecule has 5 aromatic rings. The average Bonchev–Trinajstić information content (AvgIpc) is 3.06. The van der Waals surface area contributed by atoms with Crippen LogP contribution in [0.15, 0.2) is 131 Å². The molecule has 0 aliphatic rings. The van der Waals surface area contributed by atoms with Crippen molar-refractivity contribution in [2.45, 2.75) is 23.6 Å². The molecule has 0 unspecified atom stereocenters. The maximum absolute atomic E-state index is 11.5. The molecule has 0 saturated carbocycles. The van der Waals surface area contributed by atoms with Crippen molar-refractivity contribution in [2.75, 3.05) is 0 Å². The number of benzene rings is 5. The first kappa shape index (κ1) is 32.1. The third kappa shape index (κ3) is 9.88. The number of hydrogen-bond acceptors (Lipinski definition) is 4. The van der Waals surface area contributed by atoms with Gasteiger partial charge in [-0.2, -0.15) is 0 Å². The monoisotopic (exact) mass is 630 g/mol. The normalized spacial score (nSPS) is 10.7. The van der Waals surface area contributed by atoms with Gasteiger partial charge >= 0.3 is 0 Å². The molecule has 2 nitrogen and oxygen atoms in total. The molecule has 0 bridgehead atoms. The summed E-state index contributed by atoms with van der Waals surface area (Å²) in [7, 11) is 0. The van der Waals surface area contributed by atoms with Crippen LogP contribution in [0, 0.1) is 23.7 Å². The molecule has 0 aliphatic carbocycles. The van der Waals surface area contributed by atoms with Crippen LogP contribution in [-0.2, 0) is 9.59 Å². The standard InChI is InChI=1S/C42H30O2S2/c1-31(43)45-41-25-17-35(18-26-41)15-23-39-29-38(22-14-34-11-7-4-8-12-34)40(30-37(39)21-13-33-9-5-3-6-10-33)24-16-36-19-27-42(28-20-36)46-32(2)44/h3-12,15-20,23-30H,1-2H3/b23-15+,24-16+. The Labute approximate surface area is 279 Å². The van der Waals surface area contributed by atoms with Crippen LogP contribution in [0.2, 0.25) is 0 Å². The van der Waals surface area contributed by atoms with Crippen LogP contribution < -0.4 is 0 Å². The van der Waals surface area contributed by atoms with Gasteiger partial charge in [0.05, 0.1) is 0 Å². The maximum Gasteiger partial charge on any atom is 0.190 e. The molecule has 0 N–H and O–H groups in total. The lowest BCUT2D eigenvalue weighted by molar-refractivity contribution is -0.109. The van der Waals surface area contributed by atoms with E-state index in [-0.39, 0.29) is 10.2 Å². The van der Waals surface area contributed by atoms with Gasteiger partial charge in [0.25, 0.3) is 0 Å². The molecular weight excluding hydrogens is 601 g/mol. The van der Waals surface area contributed by atoms with Crippen LogP contribution in [-0.4, -0.2) is 10.2 Å². The lowest BCUT2D eigenvalue weighted by Crippen LogP contribution is -1.91. The lowest BCUT2D eigenvalue weighted by Gasteiger charge is -2.07. The largest absolute Gasteiger partial charge is 0.287 e. The number of thioether (sulfide) groups is 2. The van der Waals surface area contributed by atoms with Gasteiger partial charge in [0, 0.05) is 45.9 Å². The zero-order valence-electron chi connectivity index (χ0n) is 25.5. The highest BCUT2D eigenvalue weighted by Gasteiger charge is 2.06. The summed E-state index contributed by atoms with van der Waals surface area (Å²) in [4.78, 5) is 24.8. The van der Waals surface area contributed by atoms with Crippen molar-refractivity contribution in [3.63, 3.8) is 0 Å². The fourth-order valence-electron chi connectivity index (χ4n) is 4.45. The van der Waals surface area contributed by atoms with Gasteiger partial charge in [0.2, 0.25) is 0 Å². The van der Waals surface area contributed by atoms with Crippen molar-refractivity contribution in [1.29, 1.82) is 0 Å². The van der Waals surface area contributed by atoms with Crippen LogP contribution in [0.1, 0.15) is 58.4 Å².